The Morgan fingerprint density at radius 3 is 2.44 bits per heavy atom. The second-order valence-electron chi connectivity index (χ2n) is 4.24. The van der Waals surface area contributed by atoms with Gasteiger partial charge in [0.25, 0.3) is 0 Å². The molecule has 1 unspecified atom stereocenters. The zero-order chi connectivity index (χ0) is 13.5. The molecule has 0 aliphatic carbocycles. The molecule has 5 nitrogen and oxygen atoms in total. The molecule has 0 amide bonds. The van der Waals surface area contributed by atoms with Crippen LogP contribution in [0.15, 0.2) is 6.07 Å². The lowest BCUT2D eigenvalue weighted by atomic mass is 10.1. The van der Waals surface area contributed by atoms with Crippen molar-refractivity contribution in [2.75, 3.05) is 21.3 Å². The zero-order valence-electron chi connectivity index (χ0n) is 12.1. The Hall–Kier alpha value is -0.910. The summed E-state index contributed by atoms with van der Waals surface area (Å²) in [7, 11) is 5.24. The summed E-state index contributed by atoms with van der Waals surface area (Å²) in [5.41, 5.74) is 2.35. The van der Waals surface area contributed by atoms with E-state index in [-0.39, 0.29) is 12.3 Å². The molecule has 0 aromatic carbocycles. The lowest BCUT2D eigenvalue weighted by Crippen LogP contribution is -2.42. The number of hydrogen-bond donors (Lipinski definition) is 1. The molecule has 0 aliphatic heterocycles. The Bertz CT molecular complexity index is 348. The molecule has 1 aromatic heterocycles. The summed E-state index contributed by atoms with van der Waals surface area (Å²) in [6.07, 6.45) is 1.55. The maximum absolute atomic E-state index is 5.32. The Balaban J connectivity index is 2.83. The molecule has 0 fully saturated rings. The first kappa shape index (κ1) is 15.1. The number of methoxy groups -OCH3 is 2. The molecule has 0 radical (unpaired) electrons. The molecule has 1 heterocycles. The monoisotopic (exact) mass is 255 g/mol. The molecule has 0 saturated heterocycles. The highest BCUT2D eigenvalue weighted by molar-refractivity contribution is 5.12. The van der Waals surface area contributed by atoms with Crippen LogP contribution in [0.4, 0.5) is 0 Å². The third kappa shape index (κ3) is 3.54. The van der Waals surface area contributed by atoms with Gasteiger partial charge in [-0.3, -0.25) is 4.68 Å². The molecule has 1 aromatic rings. The van der Waals surface area contributed by atoms with Crippen molar-refractivity contribution in [3.8, 4) is 0 Å². The van der Waals surface area contributed by atoms with Gasteiger partial charge in [-0.05, 0) is 26.5 Å². The molecular weight excluding hydrogens is 230 g/mol. The van der Waals surface area contributed by atoms with E-state index in [0.717, 1.165) is 25.1 Å². The SMILES string of the molecule is CCc1cc(CC(NC)C(OC)OC)n(CC)n1. The molecule has 0 saturated carbocycles. The smallest absolute Gasteiger partial charge is 0.172 e. The normalized spacial score (nSPS) is 13.2. The van der Waals surface area contributed by atoms with Gasteiger partial charge in [0.05, 0.1) is 11.7 Å². The highest BCUT2D eigenvalue weighted by Crippen LogP contribution is 2.11. The number of nitrogens with one attached hydrogen (secondary N) is 1. The van der Waals surface area contributed by atoms with E-state index in [1.165, 1.54) is 5.69 Å². The van der Waals surface area contributed by atoms with Crippen LogP contribution in [0.25, 0.3) is 0 Å². The molecule has 5 heteroatoms. The highest BCUT2D eigenvalue weighted by Gasteiger charge is 2.21. The minimum Gasteiger partial charge on any atom is -0.354 e. The van der Waals surface area contributed by atoms with Gasteiger partial charge in [0.15, 0.2) is 6.29 Å². The molecule has 1 atom stereocenters. The maximum atomic E-state index is 5.32. The van der Waals surface area contributed by atoms with E-state index >= 15 is 0 Å². The fraction of sp³-hybridized carbons (Fsp3) is 0.769. The summed E-state index contributed by atoms with van der Waals surface area (Å²) in [6.45, 7) is 5.11. The summed E-state index contributed by atoms with van der Waals surface area (Å²) in [4.78, 5) is 0. The van der Waals surface area contributed by atoms with Crippen molar-refractivity contribution in [1.82, 2.24) is 15.1 Å². The average molecular weight is 255 g/mol. The topological polar surface area (TPSA) is 48.3 Å². The van der Waals surface area contributed by atoms with Crippen LogP contribution in [0.3, 0.4) is 0 Å². The van der Waals surface area contributed by atoms with Crippen molar-refractivity contribution < 1.29 is 9.47 Å². The quantitative estimate of drug-likeness (QED) is 0.709. The molecule has 0 bridgehead atoms. The fourth-order valence-electron chi connectivity index (χ4n) is 2.11. The van der Waals surface area contributed by atoms with Gasteiger partial charge in [0.2, 0.25) is 0 Å². The van der Waals surface area contributed by atoms with Crippen molar-refractivity contribution in [2.24, 2.45) is 0 Å². The first-order valence-electron chi connectivity index (χ1n) is 6.48. The van der Waals surface area contributed by atoms with Crippen molar-refractivity contribution >= 4 is 0 Å². The lowest BCUT2D eigenvalue weighted by molar-refractivity contribution is -0.121. The standard InChI is InChI=1S/C13H25N3O2/c1-6-10-8-11(16(7-2)15-10)9-12(14-3)13(17-4)18-5/h8,12-14H,6-7,9H2,1-5H3. The van der Waals surface area contributed by atoms with Crippen LogP contribution in [0.5, 0.6) is 0 Å². The van der Waals surface area contributed by atoms with Crippen LogP contribution in [0.2, 0.25) is 0 Å². The average Bonchev–Trinajstić information content (AvgIpc) is 2.81. The van der Waals surface area contributed by atoms with E-state index in [4.69, 9.17) is 9.47 Å². The number of aryl methyl sites for hydroxylation is 2. The van der Waals surface area contributed by atoms with E-state index in [1.54, 1.807) is 14.2 Å². The first-order chi connectivity index (χ1) is 8.69. The molecule has 1 rings (SSSR count). The van der Waals surface area contributed by atoms with Crippen molar-refractivity contribution in [1.29, 1.82) is 0 Å². The largest absolute Gasteiger partial charge is 0.354 e. The van der Waals surface area contributed by atoms with Gasteiger partial charge in [-0.2, -0.15) is 5.10 Å². The summed E-state index contributed by atoms with van der Waals surface area (Å²) in [5.74, 6) is 0. The van der Waals surface area contributed by atoms with Gasteiger partial charge in [-0.1, -0.05) is 6.92 Å². The number of rotatable bonds is 8. The van der Waals surface area contributed by atoms with Gasteiger partial charge in [-0.15, -0.1) is 0 Å². The van der Waals surface area contributed by atoms with Crippen LogP contribution in [-0.2, 0) is 28.9 Å². The van der Waals surface area contributed by atoms with Crippen molar-refractivity contribution in [3.63, 3.8) is 0 Å². The summed E-state index contributed by atoms with van der Waals surface area (Å²) < 4.78 is 12.7. The van der Waals surface area contributed by atoms with E-state index in [0.29, 0.717) is 0 Å². The first-order valence-corrected chi connectivity index (χ1v) is 6.48. The Kier molecular flexibility index (Phi) is 6.32. The highest BCUT2D eigenvalue weighted by atomic mass is 16.7. The molecule has 0 aliphatic rings. The van der Waals surface area contributed by atoms with Gasteiger partial charge < -0.3 is 14.8 Å². The number of nitrogens with zero attached hydrogens (tertiary/aromatic N) is 2. The van der Waals surface area contributed by atoms with Crippen LogP contribution < -0.4 is 5.32 Å². The van der Waals surface area contributed by atoms with E-state index in [1.807, 2.05) is 11.7 Å². The van der Waals surface area contributed by atoms with Gasteiger partial charge in [0, 0.05) is 32.9 Å². The van der Waals surface area contributed by atoms with Gasteiger partial charge in [0.1, 0.15) is 0 Å². The summed E-state index contributed by atoms with van der Waals surface area (Å²) in [5, 5.41) is 7.79. The summed E-state index contributed by atoms with van der Waals surface area (Å²) in [6, 6.07) is 2.28. The fourth-order valence-corrected chi connectivity index (χ4v) is 2.11. The van der Waals surface area contributed by atoms with Crippen molar-refractivity contribution in [3.05, 3.63) is 17.5 Å². The van der Waals surface area contributed by atoms with Crippen molar-refractivity contribution in [2.45, 2.75) is 45.6 Å². The zero-order valence-corrected chi connectivity index (χ0v) is 12.1. The Morgan fingerprint density at radius 1 is 1.33 bits per heavy atom. The predicted octanol–water partition coefficient (Wildman–Crippen LogP) is 1.21. The second-order valence-corrected chi connectivity index (χ2v) is 4.24. The van der Waals surface area contributed by atoms with Crippen LogP contribution >= 0.6 is 0 Å². The third-order valence-electron chi connectivity index (χ3n) is 3.17. The molecule has 0 spiro atoms. The predicted molar refractivity (Wildman–Crippen MR) is 71.6 cm³/mol. The van der Waals surface area contributed by atoms with E-state index in [9.17, 15) is 0 Å². The number of likely N-dealkylation sites (N-methyl/N-ethyl adjacent to an activating group) is 1. The minimum absolute atomic E-state index is 0.117. The molecular formula is C13H25N3O2. The number of ether oxygens (including phenoxy) is 2. The van der Waals surface area contributed by atoms with Crippen LogP contribution in [-0.4, -0.2) is 43.4 Å². The van der Waals surface area contributed by atoms with E-state index < -0.39 is 0 Å². The Morgan fingerprint density at radius 2 is 2.00 bits per heavy atom. The molecule has 1 N–H and O–H groups in total. The lowest BCUT2D eigenvalue weighted by Gasteiger charge is -2.24. The number of hydrogen-bond acceptors (Lipinski definition) is 4. The Labute approximate surface area is 109 Å². The third-order valence-corrected chi connectivity index (χ3v) is 3.17. The number of aromatic nitrogens is 2. The second kappa shape index (κ2) is 7.51. The van der Waals surface area contributed by atoms with Crippen LogP contribution in [0, 0.1) is 0 Å². The van der Waals surface area contributed by atoms with Gasteiger partial charge >= 0.3 is 0 Å². The maximum Gasteiger partial charge on any atom is 0.172 e. The van der Waals surface area contributed by atoms with E-state index in [2.05, 4.69) is 30.3 Å². The van der Waals surface area contributed by atoms with Gasteiger partial charge in [-0.25, -0.2) is 0 Å². The van der Waals surface area contributed by atoms with Crippen LogP contribution in [0.1, 0.15) is 25.2 Å². The molecule has 104 valence electrons. The molecule has 18 heavy (non-hydrogen) atoms. The summed E-state index contributed by atoms with van der Waals surface area (Å²) >= 11 is 0. The minimum atomic E-state index is -0.250.